The fourth-order valence-electron chi connectivity index (χ4n) is 2.20. The van der Waals surface area contributed by atoms with Crippen LogP contribution in [0.15, 0.2) is 48.5 Å². The zero-order valence-corrected chi connectivity index (χ0v) is 12.9. The highest BCUT2D eigenvalue weighted by atomic mass is 16.5. The van der Waals surface area contributed by atoms with Crippen LogP contribution in [0.5, 0.6) is 5.75 Å². The van der Waals surface area contributed by atoms with Crippen molar-refractivity contribution < 1.29 is 19.4 Å². The van der Waals surface area contributed by atoms with E-state index in [2.05, 4.69) is 10.1 Å². The summed E-state index contributed by atoms with van der Waals surface area (Å²) in [5, 5.41) is 12.5. The van der Waals surface area contributed by atoms with Crippen molar-refractivity contribution in [3.63, 3.8) is 0 Å². The molecule has 0 fully saturated rings. The van der Waals surface area contributed by atoms with Crippen LogP contribution in [0.4, 0.5) is 0 Å². The molecular formula is C18H19NO4. The molecule has 0 spiro atoms. The lowest BCUT2D eigenvalue weighted by molar-refractivity contribution is 0.0597. The Bertz CT molecular complexity index is 683. The molecule has 0 saturated carbocycles. The molecule has 1 amide bonds. The number of rotatable bonds is 6. The quantitative estimate of drug-likeness (QED) is 0.635. The van der Waals surface area contributed by atoms with E-state index in [-0.39, 0.29) is 17.2 Å². The Kier molecular flexibility index (Phi) is 5.74. The van der Waals surface area contributed by atoms with Crippen LogP contribution in [0, 0.1) is 0 Å². The maximum absolute atomic E-state index is 11.9. The van der Waals surface area contributed by atoms with E-state index in [1.54, 1.807) is 24.3 Å². The van der Waals surface area contributed by atoms with Gasteiger partial charge in [0.25, 0.3) is 5.91 Å². The molecule has 0 aliphatic rings. The third-order valence-electron chi connectivity index (χ3n) is 3.43. The Morgan fingerprint density at radius 1 is 1.13 bits per heavy atom. The number of hydrogen-bond acceptors (Lipinski definition) is 4. The monoisotopic (exact) mass is 313 g/mol. The van der Waals surface area contributed by atoms with Gasteiger partial charge in [0.05, 0.1) is 7.11 Å². The summed E-state index contributed by atoms with van der Waals surface area (Å²) in [6.07, 6.45) is 1.41. The Labute approximate surface area is 134 Å². The highest BCUT2D eigenvalue weighted by Gasteiger charge is 2.12. The van der Waals surface area contributed by atoms with Gasteiger partial charge in [0.1, 0.15) is 11.3 Å². The zero-order chi connectivity index (χ0) is 16.7. The van der Waals surface area contributed by atoms with Crippen molar-refractivity contribution in [2.75, 3.05) is 13.7 Å². The minimum atomic E-state index is -0.568. The van der Waals surface area contributed by atoms with Gasteiger partial charge in [0, 0.05) is 12.1 Å². The van der Waals surface area contributed by atoms with Crippen molar-refractivity contribution in [2.45, 2.75) is 12.8 Å². The number of benzene rings is 2. The zero-order valence-electron chi connectivity index (χ0n) is 12.9. The van der Waals surface area contributed by atoms with Crippen LogP contribution in [-0.2, 0) is 11.2 Å². The molecule has 2 aromatic carbocycles. The van der Waals surface area contributed by atoms with E-state index in [1.165, 1.54) is 13.2 Å². The summed E-state index contributed by atoms with van der Waals surface area (Å²) in [6, 6.07) is 13.9. The third-order valence-corrected chi connectivity index (χ3v) is 3.43. The lowest BCUT2D eigenvalue weighted by atomic mass is 10.1. The SMILES string of the molecule is COC(=O)c1cc(CCCNC(=O)c2ccccc2)ccc1O. The molecule has 0 heterocycles. The van der Waals surface area contributed by atoms with Gasteiger partial charge in [-0.15, -0.1) is 0 Å². The van der Waals surface area contributed by atoms with Crippen molar-refractivity contribution in [1.82, 2.24) is 5.32 Å². The Hall–Kier alpha value is -2.82. The predicted octanol–water partition coefficient (Wildman–Crippen LogP) is 2.54. The summed E-state index contributed by atoms with van der Waals surface area (Å²) >= 11 is 0. The average Bonchev–Trinajstić information content (AvgIpc) is 2.59. The van der Waals surface area contributed by atoms with Gasteiger partial charge in [-0.3, -0.25) is 4.79 Å². The number of aromatic hydroxyl groups is 1. The summed E-state index contributed by atoms with van der Waals surface area (Å²) in [5.41, 5.74) is 1.68. The maximum Gasteiger partial charge on any atom is 0.341 e. The van der Waals surface area contributed by atoms with Crippen molar-refractivity contribution in [2.24, 2.45) is 0 Å². The molecule has 5 nitrogen and oxygen atoms in total. The molecule has 5 heteroatoms. The second-order valence-electron chi connectivity index (χ2n) is 5.07. The number of amides is 1. The highest BCUT2D eigenvalue weighted by Crippen LogP contribution is 2.20. The van der Waals surface area contributed by atoms with Gasteiger partial charge in [0.15, 0.2) is 0 Å². The summed E-state index contributed by atoms with van der Waals surface area (Å²) < 4.78 is 4.62. The number of phenols is 1. The first kappa shape index (κ1) is 16.5. The van der Waals surface area contributed by atoms with E-state index in [9.17, 15) is 14.7 Å². The Balaban J connectivity index is 1.85. The number of hydrogen-bond donors (Lipinski definition) is 2. The molecular weight excluding hydrogens is 294 g/mol. The topological polar surface area (TPSA) is 75.6 Å². The summed E-state index contributed by atoms with van der Waals surface area (Å²) in [7, 11) is 1.27. The lowest BCUT2D eigenvalue weighted by Gasteiger charge is -2.07. The van der Waals surface area contributed by atoms with Crippen LogP contribution in [0.2, 0.25) is 0 Å². The van der Waals surface area contributed by atoms with Crippen molar-refractivity contribution in [3.8, 4) is 5.75 Å². The van der Waals surface area contributed by atoms with E-state index in [0.29, 0.717) is 18.5 Å². The standard InChI is InChI=1S/C18H19NO4/c1-23-18(22)15-12-13(9-10-16(15)20)6-5-11-19-17(21)14-7-3-2-4-8-14/h2-4,7-10,12,20H,5-6,11H2,1H3,(H,19,21). The summed E-state index contributed by atoms with van der Waals surface area (Å²) in [4.78, 5) is 23.4. The number of phenolic OH excluding ortho intramolecular Hbond substituents is 1. The fraction of sp³-hybridized carbons (Fsp3) is 0.222. The van der Waals surface area contributed by atoms with E-state index >= 15 is 0 Å². The van der Waals surface area contributed by atoms with E-state index < -0.39 is 5.97 Å². The smallest absolute Gasteiger partial charge is 0.341 e. The van der Waals surface area contributed by atoms with Crippen molar-refractivity contribution in [3.05, 3.63) is 65.2 Å². The number of methoxy groups -OCH3 is 1. The van der Waals surface area contributed by atoms with Gasteiger partial charge in [-0.2, -0.15) is 0 Å². The van der Waals surface area contributed by atoms with E-state index in [0.717, 1.165) is 12.0 Å². The fourth-order valence-corrected chi connectivity index (χ4v) is 2.20. The number of esters is 1. The maximum atomic E-state index is 11.9. The molecule has 0 radical (unpaired) electrons. The first-order valence-electron chi connectivity index (χ1n) is 7.35. The Morgan fingerprint density at radius 2 is 1.87 bits per heavy atom. The van der Waals surface area contributed by atoms with Crippen LogP contribution in [0.25, 0.3) is 0 Å². The molecule has 2 rings (SSSR count). The van der Waals surface area contributed by atoms with Gasteiger partial charge in [-0.05, 0) is 42.7 Å². The molecule has 0 atom stereocenters. The minimum Gasteiger partial charge on any atom is -0.507 e. The van der Waals surface area contributed by atoms with Crippen LogP contribution in [-0.4, -0.2) is 30.6 Å². The lowest BCUT2D eigenvalue weighted by Crippen LogP contribution is -2.24. The summed E-state index contributed by atoms with van der Waals surface area (Å²) in [6.45, 7) is 0.530. The minimum absolute atomic E-state index is 0.0991. The van der Waals surface area contributed by atoms with Crippen LogP contribution < -0.4 is 5.32 Å². The normalized spacial score (nSPS) is 10.1. The number of carbonyl (C=O) groups excluding carboxylic acids is 2. The van der Waals surface area contributed by atoms with Gasteiger partial charge in [-0.25, -0.2) is 4.79 Å². The van der Waals surface area contributed by atoms with Crippen molar-refractivity contribution in [1.29, 1.82) is 0 Å². The first-order valence-corrected chi connectivity index (χ1v) is 7.35. The first-order chi connectivity index (χ1) is 11.1. The predicted molar refractivity (Wildman–Crippen MR) is 86.5 cm³/mol. The molecule has 0 aliphatic carbocycles. The van der Waals surface area contributed by atoms with Crippen LogP contribution >= 0.6 is 0 Å². The number of ether oxygens (including phenoxy) is 1. The molecule has 2 aromatic rings. The molecule has 120 valence electrons. The average molecular weight is 313 g/mol. The van der Waals surface area contributed by atoms with Crippen LogP contribution in [0.1, 0.15) is 32.7 Å². The molecule has 23 heavy (non-hydrogen) atoms. The molecule has 0 bridgehead atoms. The van der Waals surface area contributed by atoms with Gasteiger partial charge in [-0.1, -0.05) is 24.3 Å². The third kappa shape index (κ3) is 4.57. The van der Waals surface area contributed by atoms with E-state index in [1.807, 2.05) is 18.2 Å². The molecule has 2 N–H and O–H groups in total. The number of carbonyl (C=O) groups is 2. The van der Waals surface area contributed by atoms with E-state index in [4.69, 9.17) is 0 Å². The molecule has 0 saturated heterocycles. The number of nitrogens with one attached hydrogen (secondary N) is 1. The van der Waals surface area contributed by atoms with Crippen molar-refractivity contribution >= 4 is 11.9 Å². The molecule has 0 aromatic heterocycles. The van der Waals surface area contributed by atoms with Gasteiger partial charge < -0.3 is 15.2 Å². The second kappa shape index (κ2) is 7.98. The van der Waals surface area contributed by atoms with Gasteiger partial charge >= 0.3 is 5.97 Å². The van der Waals surface area contributed by atoms with Crippen LogP contribution in [0.3, 0.4) is 0 Å². The Morgan fingerprint density at radius 3 is 2.57 bits per heavy atom. The number of aryl methyl sites for hydroxylation is 1. The second-order valence-corrected chi connectivity index (χ2v) is 5.07. The molecule has 0 unspecified atom stereocenters. The summed E-state index contributed by atoms with van der Waals surface area (Å²) in [5.74, 6) is -0.772. The molecule has 0 aliphatic heterocycles. The largest absolute Gasteiger partial charge is 0.507 e. The highest BCUT2D eigenvalue weighted by molar-refractivity contribution is 5.94. The van der Waals surface area contributed by atoms with Gasteiger partial charge in [0.2, 0.25) is 0 Å².